The van der Waals surface area contributed by atoms with Crippen molar-refractivity contribution in [1.82, 2.24) is 4.98 Å². The second-order valence-electron chi connectivity index (χ2n) is 1.99. The lowest BCUT2D eigenvalue weighted by atomic mass is 10.3. The van der Waals surface area contributed by atoms with E-state index in [0.29, 0.717) is 11.3 Å². The second kappa shape index (κ2) is 4.43. The van der Waals surface area contributed by atoms with Crippen molar-refractivity contribution < 1.29 is 0 Å². The van der Waals surface area contributed by atoms with Crippen LogP contribution in [-0.4, -0.2) is 10.7 Å². The fourth-order valence-electron chi connectivity index (χ4n) is 0.674. The Morgan fingerprint density at radius 3 is 3.17 bits per heavy atom. The summed E-state index contributed by atoms with van der Waals surface area (Å²) in [6.07, 6.45) is 6.69. The zero-order valence-electron chi connectivity index (χ0n) is 6.32. The Bertz CT molecular complexity index is 346. The van der Waals surface area contributed by atoms with Crippen LogP contribution >= 0.6 is 11.8 Å². The Kier molecular flexibility index (Phi) is 3.19. The van der Waals surface area contributed by atoms with Crippen LogP contribution in [0.1, 0.15) is 5.56 Å². The molecule has 0 bridgehead atoms. The molecule has 1 rings (SSSR count). The minimum atomic E-state index is 0.585. The Balaban J connectivity index is 2.76. The average molecular weight is 174 g/mol. The molecule has 2 nitrogen and oxygen atoms in total. The van der Waals surface area contributed by atoms with Gasteiger partial charge in [-0.25, -0.2) is 4.98 Å². The molecule has 0 aliphatic heterocycles. The quantitative estimate of drug-likeness (QED) is 0.505. The molecule has 1 heterocycles. The normalized spacial score (nSPS) is 8.50. The van der Waals surface area contributed by atoms with E-state index in [2.05, 4.69) is 10.9 Å². The van der Waals surface area contributed by atoms with Crippen LogP contribution in [0.4, 0.5) is 0 Å². The molecule has 0 saturated carbocycles. The highest BCUT2D eigenvalue weighted by Gasteiger charge is 1.95. The SMILES string of the molecule is C#CCSc1cc(C#N)ccn1. The summed E-state index contributed by atoms with van der Waals surface area (Å²) in [5.41, 5.74) is 0.615. The molecule has 0 unspecified atom stereocenters. The van der Waals surface area contributed by atoms with Crippen LogP contribution in [0.5, 0.6) is 0 Å². The van der Waals surface area contributed by atoms with Gasteiger partial charge in [0.05, 0.1) is 22.4 Å². The van der Waals surface area contributed by atoms with Gasteiger partial charge in [0.1, 0.15) is 0 Å². The molecule has 0 fully saturated rings. The van der Waals surface area contributed by atoms with Crippen LogP contribution in [0.15, 0.2) is 23.4 Å². The maximum atomic E-state index is 8.56. The number of aromatic nitrogens is 1. The molecule has 0 saturated heterocycles. The molecule has 0 radical (unpaired) electrons. The lowest BCUT2D eigenvalue weighted by molar-refractivity contribution is 1.13. The van der Waals surface area contributed by atoms with E-state index in [1.54, 1.807) is 18.3 Å². The van der Waals surface area contributed by atoms with E-state index in [4.69, 9.17) is 11.7 Å². The zero-order chi connectivity index (χ0) is 8.81. The summed E-state index contributed by atoms with van der Waals surface area (Å²) >= 11 is 1.45. The van der Waals surface area contributed by atoms with Gasteiger partial charge in [0.25, 0.3) is 0 Å². The topological polar surface area (TPSA) is 36.7 Å². The van der Waals surface area contributed by atoms with Crippen molar-refractivity contribution in [3.63, 3.8) is 0 Å². The van der Waals surface area contributed by atoms with Crippen LogP contribution in [0.3, 0.4) is 0 Å². The number of nitriles is 1. The van der Waals surface area contributed by atoms with Gasteiger partial charge in [0.15, 0.2) is 0 Å². The third-order valence-corrected chi connectivity index (χ3v) is 2.00. The van der Waals surface area contributed by atoms with E-state index < -0.39 is 0 Å². The van der Waals surface area contributed by atoms with Crippen molar-refractivity contribution >= 4 is 11.8 Å². The first-order valence-electron chi connectivity index (χ1n) is 3.29. The monoisotopic (exact) mass is 174 g/mol. The van der Waals surface area contributed by atoms with E-state index >= 15 is 0 Å². The first-order valence-corrected chi connectivity index (χ1v) is 4.28. The standard InChI is InChI=1S/C9H6N2S/c1-2-5-12-9-6-8(7-10)3-4-11-9/h1,3-4,6H,5H2. The van der Waals surface area contributed by atoms with Gasteiger partial charge in [-0.1, -0.05) is 17.7 Å². The lowest BCUT2D eigenvalue weighted by Crippen LogP contribution is -1.82. The van der Waals surface area contributed by atoms with Gasteiger partial charge in [-0.2, -0.15) is 5.26 Å². The van der Waals surface area contributed by atoms with E-state index in [9.17, 15) is 0 Å². The number of rotatable bonds is 2. The number of hydrogen-bond donors (Lipinski definition) is 0. The van der Waals surface area contributed by atoms with Crippen LogP contribution in [0, 0.1) is 23.7 Å². The highest BCUT2D eigenvalue weighted by molar-refractivity contribution is 7.99. The van der Waals surface area contributed by atoms with Gasteiger partial charge in [-0.15, -0.1) is 6.42 Å². The van der Waals surface area contributed by atoms with Crippen molar-refractivity contribution in [2.45, 2.75) is 5.03 Å². The summed E-state index contributed by atoms with van der Waals surface area (Å²) in [5.74, 6) is 3.08. The lowest BCUT2D eigenvalue weighted by Gasteiger charge is -1.95. The van der Waals surface area contributed by atoms with Crippen LogP contribution in [0.25, 0.3) is 0 Å². The Morgan fingerprint density at radius 1 is 1.67 bits per heavy atom. The third-order valence-electron chi connectivity index (χ3n) is 1.17. The van der Waals surface area contributed by atoms with Gasteiger partial charge < -0.3 is 0 Å². The number of nitrogens with zero attached hydrogens (tertiary/aromatic N) is 2. The average Bonchev–Trinajstić information content (AvgIpc) is 2.15. The second-order valence-corrected chi connectivity index (χ2v) is 2.98. The molecule has 3 heteroatoms. The molecule has 0 amide bonds. The summed E-state index contributed by atoms with van der Waals surface area (Å²) in [7, 11) is 0. The van der Waals surface area contributed by atoms with Crippen molar-refractivity contribution in [1.29, 1.82) is 5.26 Å². The van der Waals surface area contributed by atoms with Crippen LogP contribution in [-0.2, 0) is 0 Å². The fraction of sp³-hybridized carbons (Fsp3) is 0.111. The molecule has 0 aliphatic carbocycles. The summed E-state index contributed by atoms with van der Waals surface area (Å²) in [6, 6.07) is 5.43. The number of terminal acetylenes is 1. The van der Waals surface area contributed by atoms with Crippen molar-refractivity contribution in [2.24, 2.45) is 0 Å². The molecule has 0 aromatic carbocycles. The van der Waals surface area contributed by atoms with Gasteiger partial charge in [0.2, 0.25) is 0 Å². The predicted octanol–water partition coefficient (Wildman–Crippen LogP) is 1.68. The summed E-state index contributed by atoms with van der Waals surface area (Å²) < 4.78 is 0. The molecule has 0 atom stereocenters. The van der Waals surface area contributed by atoms with Crippen molar-refractivity contribution in [2.75, 3.05) is 5.75 Å². The molecule has 58 valence electrons. The Labute approximate surface area is 75.6 Å². The minimum absolute atomic E-state index is 0.585. The Hall–Kier alpha value is -1.45. The summed E-state index contributed by atoms with van der Waals surface area (Å²) in [5, 5.41) is 9.36. The van der Waals surface area contributed by atoms with Crippen molar-refractivity contribution in [3.05, 3.63) is 23.9 Å². The fourth-order valence-corrected chi connectivity index (χ4v) is 1.25. The molecule has 0 aliphatic rings. The van der Waals surface area contributed by atoms with Crippen LogP contribution in [0.2, 0.25) is 0 Å². The van der Waals surface area contributed by atoms with E-state index in [1.807, 2.05) is 6.07 Å². The molecule has 1 aromatic rings. The maximum absolute atomic E-state index is 8.56. The van der Waals surface area contributed by atoms with Crippen molar-refractivity contribution in [3.8, 4) is 18.4 Å². The smallest absolute Gasteiger partial charge is 0.0993 e. The predicted molar refractivity (Wildman–Crippen MR) is 48.5 cm³/mol. The highest BCUT2D eigenvalue weighted by Crippen LogP contribution is 2.14. The molecule has 0 N–H and O–H groups in total. The molecule has 0 spiro atoms. The molecular weight excluding hydrogens is 168 g/mol. The van der Waals surface area contributed by atoms with Gasteiger partial charge >= 0.3 is 0 Å². The summed E-state index contributed by atoms with van der Waals surface area (Å²) in [6.45, 7) is 0. The van der Waals surface area contributed by atoms with E-state index in [0.717, 1.165) is 5.03 Å². The maximum Gasteiger partial charge on any atom is 0.0993 e. The summed E-state index contributed by atoms with van der Waals surface area (Å²) in [4.78, 5) is 4.04. The van der Waals surface area contributed by atoms with E-state index in [-0.39, 0.29) is 0 Å². The van der Waals surface area contributed by atoms with Crippen LogP contribution < -0.4 is 0 Å². The third kappa shape index (κ3) is 2.30. The molecule has 1 aromatic heterocycles. The number of thioether (sulfide) groups is 1. The molecular formula is C9H6N2S. The zero-order valence-corrected chi connectivity index (χ0v) is 7.14. The minimum Gasteiger partial charge on any atom is -0.250 e. The first kappa shape index (κ1) is 8.64. The largest absolute Gasteiger partial charge is 0.250 e. The number of pyridine rings is 1. The van der Waals surface area contributed by atoms with Gasteiger partial charge in [-0.3, -0.25) is 0 Å². The molecule has 12 heavy (non-hydrogen) atoms. The van der Waals surface area contributed by atoms with Gasteiger partial charge in [-0.05, 0) is 12.1 Å². The highest BCUT2D eigenvalue weighted by atomic mass is 32.2. The first-order chi connectivity index (χ1) is 5.86. The van der Waals surface area contributed by atoms with E-state index in [1.165, 1.54) is 11.8 Å². The number of hydrogen-bond acceptors (Lipinski definition) is 3. The Morgan fingerprint density at radius 2 is 2.50 bits per heavy atom. The van der Waals surface area contributed by atoms with Gasteiger partial charge in [0, 0.05) is 6.20 Å².